The van der Waals surface area contributed by atoms with Crippen molar-refractivity contribution in [1.82, 2.24) is 9.80 Å². The summed E-state index contributed by atoms with van der Waals surface area (Å²) in [6, 6.07) is 6.49. The number of hydrogen-bond donors (Lipinski definition) is 0. The Hall–Kier alpha value is -0.680. The van der Waals surface area contributed by atoms with E-state index >= 15 is 0 Å². The number of halogens is 2. The van der Waals surface area contributed by atoms with E-state index in [0.717, 1.165) is 31.0 Å². The smallest absolute Gasteiger partial charge is 0.250 e. The summed E-state index contributed by atoms with van der Waals surface area (Å²) in [5, 5.41) is 0. The summed E-state index contributed by atoms with van der Waals surface area (Å²) in [5.74, 6) is 1.32. The van der Waals surface area contributed by atoms with Crippen LogP contribution >= 0.6 is 24.8 Å². The lowest BCUT2D eigenvalue weighted by atomic mass is 10.1. The highest BCUT2D eigenvalue weighted by Gasteiger charge is 2.37. The van der Waals surface area contributed by atoms with E-state index in [4.69, 9.17) is 9.47 Å². The molecule has 1 aromatic carbocycles. The van der Waals surface area contributed by atoms with Gasteiger partial charge >= 0.3 is 0 Å². The minimum Gasteiger partial charge on any atom is -0.449 e. The van der Waals surface area contributed by atoms with Crippen molar-refractivity contribution < 1.29 is 9.47 Å². The Bertz CT molecular complexity index is 590. The zero-order chi connectivity index (χ0) is 17.1. The zero-order valence-electron chi connectivity index (χ0n) is 16.5. The number of ether oxygens (including phenoxy) is 2. The first-order chi connectivity index (χ1) is 12.2. The highest BCUT2D eigenvalue weighted by Crippen LogP contribution is 2.41. The van der Waals surface area contributed by atoms with Crippen molar-refractivity contribution in [3.63, 3.8) is 0 Å². The summed E-state index contributed by atoms with van der Waals surface area (Å²) in [7, 11) is 0. The van der Waals surface area contributed by atoms with Gasteiger partial charge in [0.15, 0.2) is 11.5 Å². The Morgan fingerprint density at radius 2 is 1.41 bits per heavy atom. The third-order valence-electron chi connectivity index (χ3n) is 5.85. The topological polar surface area (TPSA) is 24.9 Å². The highest BCUT2D eigenvalue weighted by molar-refractivity contribution is 5.85. The van der Waals surface area contributed by atoms with E-state index in [2.05, 4.69) is 34.9 Å². The summed E-state index contributed by atoms with van der Waals surface area (Å²) in [5.41, 5.74) is 1.34. The zero-order valence-corrected chi connectivity index (χ0v) is 18.1. The molecule has 0 amide bonds. The molecule has 0 radical (unpaired) electrons. The number of nitrogens with zero attached hydrogens (tertiary/aromatic N) is 2. The van der Waals surface area contributed by atoms with Crippen LogP contribution in [0.4, 0.5) is 0 Å². The van der Waals surface area contributed by atoms with Crippen LogP contribution in [0.25, 0.3) is 0 Å². The molecule has 3 heterocycles. The maximum absolute atomic E-state index is 6.25. The van der Waals surface area contributed by atoms with Crippen LogP contribution in [0.5, 0.6) is 11.5 Å². The molecule has 0 spiro atoms. The number of benzene rings is 1. The average Bonchev–Trinajstić information content (AvgIpc) is 2.98. The summed E-state index contributed by atoms with van der Waals surface area (Å²) in [6.45, 7) is 9.07. The third-order valence-corrected chi connectivity index (χ3v) is 5.85. The fraction of sp³-hybridized carbons (Fsp3) is 0.714. The van der Waals surface area contributed by atoms with Gasteiger partial charge in [0.25, 0.3) is 0 Å². The van der Waals surface area contributed by atoms with E-state index in [1.54, 1.807) is 0 Å². The van der Waals surface area contributed by atoms with Crippen molar-refractivity contribution >= 4 is 24.8 Å². The Morgan fingerprint density at radius 1 is 0.815 bits per heavy atom. The van der Waals surface area contributed by atoms with E-state index in [0.29, 0.717) is 0 Å². The average molecular weight is 417 g/mol. The van der Waals surface area contributed by atoms with E-state index in [1.807, 2.05) is 0 Å². The largest absolute Gasteiger partial charge is 0.449 e. The highest BCUT2D eigenvalue weighted by atomic mass is 35.5. The Balaban J connectivity index is 0.00000131. The minimum atomic E-state index is -0.510. The van der Waals surface area contributed by atoms with Gasteiger partial charge in [-0.25, -0.2) is 0 Å². The lowest BCUT2D eigenvalue weighted by Gasteiger charge is -2.30. The minimum absolute atomic E-state index is 0. The van der Waals surface area contributed by atoms with Crippen LogP contribution < -0.4 is 9.47 Å². The first-order valence-corrected chi connectivity index (χ1v) is 10.2. The molecule has 3 aliphatic rings. The number of hydrogen-bond acceptors (Lipinski definition) is 4. The molecular formula is C21H34Cl2N2O2. The Kier molecular flexibility index (Phi) is 8.54. The second-order valence-electron chi connectivity index (χ2n) is 8.11. The van der Waals surface area contributed by atoms with Gasteiger partial charge in [0.1, 0.15) is 0 Å². The van der Waals surface area contributed by atoms with Crippen LogP contribution in [-0.4, -0.2) is 48.3 Å². The fourth-order valence-corrected chi connectivity index (χ4v) is 4.32. The third kappa shape index (κ3) is 5.90. The van der Waals surface area contributed by atoms with Crippen LogP contribution in [0.15, 0.2) is 18.2 Å². The van der Waals surface area contributed by atoms with Crippen LogP contribution in [0.2, 0.25) is 0 Å². The van der Waals surface area contributed by atoms with Gasteiger partial charge in [0.05, 0.1) is 0 Å². The monoisotopic (exact) mass is 416 g/mol. The van der Waals surface area contributed by atoms with Crippen LogP contribution in [0.1, 0.15) is 57.4 Å². The molecule has 0 saturated carbocycles. The van der Waals surface area contributed by atoms with Gasteiger partial charge in [-0.05, 0) is 69.6 Å². The van der Waals surface area contributed by atoms with Gasteiger partial charge < -0.3 is 14.4 Å². The predicted molar refractivity (Wildman–Crippen MR) is 115 cm³/mol. The normalized spacial score (nSPS) is 25.5. The van der Waals surface area contributed by atoms with Crippen molar-refractivity contribution in [3.8, 4) is 11.5 Å². The summed E-state index contributed by atoms with van der Waals surface area (Å²) >= 11 is 0. The maximum Gasteiger partial charge on any atom is 0.250 e. The SMILES string of the molecule is CC1(CCN2CCCCC2)Oc2ccc(CN3CCCCC3)cc2O1.Cl.Cl. The molecule has 0 N–H and O–H groups in total. The molecule has 3 aliphatic heterocycles. The van der Waals surface area contributed by atoms with Crippen molar-refractivity contribution in [2.75, 3.05) is 32.7 Å². The van der Waals surface area contributed by atoms with E-state index in [9.17, 15) is 0 Å². The van der Waals surface area contributed by atoms with Gasteiger partial charge in [-0.2, -0.15) is 0 Å². The van der Waals surface area contributed by atoms with E-state index in [-0.39, 0.29) is 24.8 Å². The van der Waals surface area contributed by atoms with Crippen LogP contribution in [0, 0.1) is 0 Å². The second kappa shape index (κ2) is 10.2. The van der Waals surface area contributed by atoms with Gasteiger partial charge in [0.2, 0.25) is 5.79 Å². The van der Waals surface area contributed by atoms with Crippen molar-refractivity contribution in [2.24, 2.45) is 0 Å². The Labute approximate surface area is 176 Å². The van der Waals surface area contributed by atoms with Crippen molar-refractivity contribution in [2.45, 2.75) is 64.2 Å². The molecule has 2 saturated heterocycles. The molecule has 6 heteroatoms. The summed E-state index contributed by atoms with van der Waals surface area (Å²) in [6.07, 6.45) is 9.01. The molecule has 1 unspecified atom stereocenters. The lowest BCUT2D eigenvalue weighted by molar-refractivity contribution is -0.0738. The lowest BCUT2D eigenvalue weighted by Crippen LogP contribution is -2.40. The number of likely N-dealkylation sites (tertiary alicyclic amines) is 2. The van der Waals surface area contributed by atoms with Gasteiger partial charge in [0, 0.05) is 26.4 Å². The molecule has 4 rings (SSSR count). The number of rotatable bonds is 5. The van der Waals surface area contributed by atoms with Crippen LogP contribution in [-0.2, 0) is 6.54 Å². The fourth-order valence-electron chi connectivity index (χ4n) is 4.32. The number of fused-ring (bicyclic) bond motifs is 1. The van der Waals surface area contributed by atoms with E-state index < -0.39 is 5.79 Å². The molecule has 1 aromatic rings. The standard InChI is InChI=1S/C21H32N2O2.2ClH/c1-21(10-15-22-11-4-2-5-12-22)24-19-9-8-18(16-20(19)25-21)17-23-13-6-3-7-14-23;;/h8-9,16H,2-7,10-15,17H2,1H3;2*1H. The summed E-state index contributed by atoms with van der Waals surface area (Å²) in [4.78, 5) is 5.10. The Morgan fingerprint density at radius 3 is 2.07 bits per heavy atom. The molecular weight excluding hydrogens is 383 g/mol. The molecule has 0 bridgehead atoms. The van der Waals surface area contributed by atoms with Crippen molar-refractivity contribution in [3.05, 3.63) is 23.8 Å². The molecule has 2 fully saturated rings. The van der Waals surface area contributed by atoms with Gasteiger partial charge in [-0.3, -0.25) is 4.90 Å². The molecule has 154 valence electrons. The summed E-state index contributed by atoms with van der Waals surface area (Å²) < 4.78 is 12.4. The first kappa shape index (κ1) is 22.6. The first-order valence-electron chi connectivity index (χ1n) is 10.2. The maximum atomic E-state index is 6.25. The van der Waals surface area contributed by atoms with Crippen LogP contribution in [0.3, 0.4) is 0 Å². The molecule has 0 aromatic heterocycles. The van der Waals surface area contributed by atoms with Gasteiger partial charge in [-0.15, -0.1) is 24.8 Å². The molecule has 27 heavy (non-hydrogen) atoms. The van der Waals surface area contributed by atoms with Crippen molar-refractivity contribution in [1.29, 1.82) is 0 Å². The predicted octanol–water partition coefficient (Wildman–Crippen LogP) is 4.88. The second-order valence-corrected chi connectivity index (χ2v) is 8.11. The van der Waals surface area contributed by atoms with Gasteiger partial charge in [-0.1, -0.05) is 18.9 Å². The quantitative estimate of drug-likeness (QED) is 0.682. The molecule has 4 nitrogen and oxygen atoms in total. The molecule has 0 aliphatic carbocycles. The number of piperidine rings is 2. The van der Waals surface area contributed by atoms with E-state index in [1.165, 1.54) is 70.3 Å². The molecule has 1 atom stereocenters.